The largest absolute Gasteiger partial charge is 0.383 e. The Morgan fingerprint density at radius 3 is 2.67 bits per heavy atom. The molecule has 1 aliphatic rings. The Labute approximate surface area is 54.2 Å². The molecule has 1 rings (SSSR count). The van der Waals surface area contributed by atoms with Gasteiger partial charge < -0.3 is 10.5 Å². The summed E-state index contributed by atoms with van der Waals surface area (Å²) in [5.74, 6) is 0.245. The van der Waals surface area contributed by atoms with E-state index in [0.717, 1.165) is 0 Å². The molecular formula is C6H11NO2. The van der Waals surface area contributed by atoms with E-state index in [1.807, 2.05) is 0 Å². The van der Waals surface area contributed by atoms with Crippen LogP contribution < -0.4 is 5.73 Å². The monoisotopic (exact) mass is 129 g/mol. The van der Waals surface area contributed by atoms with Gasteiger partial charge in [0.1, 0.15) is 5.78 Å². The zero-order valence-corrected chi connectivity index (χ0v) is 5.52. The molecule has 1 aliphatic carbocycles. The quantitative estimate of drug-likeness (QED) is 0.556. The zero-order valence-electron chi connectivity index (χ0n) is 5.52. The normalized spacial score (nSPS) is 23.6. The van der Waals surface area contributed by atoms with Gasteiger partial charge in [0, 0.05) is 20.0 Å². The Bertz CT molecular complexity index is 125. The van der Waals surface area contributed by atoms with Gasteiger partial charge in [-0.3, -0.25) is 4.79 Å². The number of hydrogen-bond acceptors (Lipinski definition) is 3. The minimum atomic E-state index is -0.328. The number of ketones is 1. The molecule has 3 heteroatoms. The maximum absolute atomic E-state index is 10.5. The van der Waals surface area contributed by atoms with Gasteiger partial charge in [0.15, 0.2) is 0 Å². The van der Waals surface area contributed by atoms with E-state index in [9.17, 15) is 4.79 Å². The molecule has 0 amide bonds. The topological polar surface area (TPSA) is 52.3 Å². The third kappa shape index (κ3) is 1.28. The minimum Gasteiger partial charge on any atom is -0.383 e. The second-order valence-corrected chi connectivity index (χ2v) is 2.69. The lowest BCUT2D eigenvalue weighted by molar-refractivity contribution is -0.129. The van der Waals surface area contributed by atoms with E-state index < -0.39 is 0 Å². The van der Waals surface area contributed by atoms with Crippen molar-refractivity contribution in [2.45, 2.75) is 18.4 Å². The highest BCUT2D eigenvalue weighted by Gasteiger charge is 2.39. The second kappa shape index (κ2) is 2.08. The summed E-state index contributed by atoms with van der Waals surface area (Å²) < 4.78 is 4.82. The van der Waals surface area contributed by atoms with Crippen molar-refractivity contribution in [3.63, 3.8) is 0 Å². The van der Waals surface area contributed by atoms with Gasteiger partial charge in [0.25, 0.3) is 0 Å². The Balaban J connectivity index is 2.31. The van der Waals surface area contributed by atoms with E-state index >= 15 is 0 Å². The molecule has 0 unspecified atom stereocenters. The summed E-state index contributed by atoms with van der Waals surface area (Å²) in [7, 11) is 1.59. The molecule has 0 atom stereocenters. The van der Waals surface area contributed by atoms with Crippen molar-refractivity contribution >= 4 is 5.78 Å². The van der Waals surface area contributed by atoms with Crippen molar-refractivity contribution in [1.29, 1.82) is 0 Å². The van der Waals surface area contributed by atoms with Crippen molar-refractivity contribution in [3.8, 4) is 0 Å². The minimum absolute atomic E-state index is 0.245. The van der Waals surface area contributed by atoms with Crippen molar-refractivity contribution in [3.05, 3.63) is 0 Å². The Morgan fingerprint density at radius 2 is 2.33 bits per heavy atom. The third-order valence-electron chi connectivity index (χ3n) is 1.53. The fraction of sp³-hybridized carbons (Fsp3) is 0.833. The standard InChI is InChI=1S/C6H11NO2/c1-9-4-6(7)2-5(8)3-6/h2-4,7H2,1H3. The number of Topliss-reactive ketones (excluding diaryl/α,β-unsaturated/α-hetero) is 1. The van der Waals surface area contributed by atoms with Crippen LogP contribution in [0, 0.1) is 0 Å². The van der Waals surface area contributed by atoms with Crippen molar-refractivity contribution < 1.29 is 9.53 Å². The fourth-order valence-corrected chi connectivity index (χ4v) is 1.12. The molecular weight excluding hydrogens is 118 g/mol. The summed E-state index contributed by atoms with van der Waals surface area (Å²) in [4.78, 5) is 10.5. The van der Waals surface area contributed by atoms with Crippen molar-refractivity contribution in [2.24, 2.45) is 5.73 Å². The van der Waals surface area contributed by atoms with E-state index in [4.69, 9.17) is 10.5 Å². The van der Waals surface area contributed by atoms with Gasteiger partial charge in [-0.15, -0.1) is 0 Å². The van der Waals surface area contributed by atoms with Gasteiger partial charge in [0.2, 0.25) is 0 Å². The van der Waals surface area contributed by atoms with Crippen LogP contribution in [0.2, 0.25) is 0 Å². The summed E-state index contributed by atoms with van der Waals surface area (Å²) in [6, 6.07) is 0. The zero-order chi connectivity index (χ0) is 6.91. The lowest BCUT2D eigenvalue weighted by atomic mass is 9.77. The van der Waals surface area contributed by atoms with Gasteiger partial charge in [-0.05, 0) is 0 Å². The average Bonchev–Trinajstić information content (AvgIpc) is 1.62. The number of carbonyl (C=O) groups is 1. The summed E-state index contributed by atoms with van der Waals surface area (Å²) in [6.07, 6.45) is 0.974. The number of nitrogens with two attached hydrogens (primary N) is 1. The first-order valence-electron chi connectivity index (χ1n) is 2.96. The molecule has 0 aromatic heterocycles. The van der Waals surface area contributed by atoms with Crippen LogP contribution in [0.4, 0.5) is 0 Å². The van der Waals surface area contributed by atoms with Crippen LogP contribution in [0.5, 0.6) is 0 Å². The van der Waals surface area contributed by atoms with E-state index in [-0.39, 0.29) is 11.3 Å². The molecule has 1 fully saturated rings. The number of carbonyl (C=O) groups excluding carboxylic acids is 1. The molecule has 3 nitrogen and oxygen atoms in total. The Kier molecular flexibility index (Phi) is 1.55. The summed E-state index contributed by atoms with van der Waals surface area (Å²) >= 11 is 0. The number of ether oxygens (including phenoxy) is 1. The van der Waals surface area contributed by atoms with E-state index in [0.29, 0.717) is 19.4 Å². The van der Waals surface area contributed by atoms with Gasteiger partial charge in [-0.25, -0.2) is 0 Å². The Hall–Kier alpha value is -0.410. The molecule has 0 aromatic rings. The van der Waals surface area contributed by atoms with E-state index in [1.54, 1.807) is 7.11 Å². The van der Waals surface area contributed by atoms with Crippen molar-refractivity contribution in [1.82, 2.24) is 0 Å². The SMILES string of the molecule is COCC1(N)CC(=O)C1. The molecule has 1 saturated carbocycles. The highest BCUT2D eigenvalue weighted by molar-refractivity contribution is 5.87. The molecule has 9 heavy (non-hydrogen) atoms. The van der Waals surface area contributed by atoms with Crippen LogP contribution >= 0.6 is 0 Å². The van der Waals surface area contributed by atoms with Crippen LogP contribution in [0.3, 0.4) is 0 Å². The smallest absolute Gasteiger partial charge is 0.136 e. The van der Waals surface area contributed by atoms with Gasteiger partial charge in [-0.1, -0.05) is 0 Å². The highest BCUT2D eigenvalue weighted by atomic mass is 16.5. The average molecular weight is 129 g/mol. The summed E-state index contributed by atoms with van der Waals surface area (Å²) in [5.41, 5.74) is 5.33. The molecule has 52 valence electrons. The number of methoxy groups -OCH3 is 1. The second-order valence-electron chi connectivity index (χ2n) is 2.69. The molecule has 0 spiro atoms. The molecule has 0 aromatic carbocycles. The molecule has 0 heterocycles. The molecule has 0 aliphatic heterocycles. The van der Waals surface area contributed by atoms with Gasteiger partial charge in [0.05, 0.1) is 12.1 Å². The van der Waals surface area contributed by atoms with E-state index in [1.165, 1.54) is 0 Å². The van der Waals surface area contributed by atoms with E-state index in [2.05, 4.69) is 0 Å². The van der Waals surface area contributed by atoms with Gasteiger partial charge in [-0.2, -0.15) is 0 Å². The number of hydrogen-bond donors (Lipinski definition) is 1. The molecule has 0 saturated heterocycles. The lowest BCUT2D eigenvalue weighted by Crippen LogP contribution is -2.55. The first-order valence-corrected chi connectivity index (χ1v) is 2.96. The maximum Gasteiger partial charge on any atom is 0.136 e. The Morgan fingerprint density at radius 1 is 1.78 bits per heavy atom. The molecule has 0 radical (unpaired) electrons. The highest BCUT2D eigenvalue weighted by Crippen LogP contribution is 2.25. The first-order chi connectivity index (χ1) is 4.16. The van der Waals surface area contributed by atoms with Crippen LogP contribution in [-0.4, -0.2) is 25.0 Å². The third-order valence-corrected chi connectivity index (χ3v) is 1.53. The predicted octanol–water partition coefficient (Wildman–Crippen LogP) is -0.307. The van der Waals surface area contributed by atoms with Crippen molar-refractivity contribution in [2.75, 3.05) is 13.7 Å². The fourth-order valence-electron chi connectivity index (χ4n) is 1.12. The van der Waals surface area contributed by atoms with Crippen LogP contribution in [0.1, 0.15) is 12.8 Å². The van der Waals surface area contributed by atoms with Crippen LogP contribution in [0.15, 0.2) is 0 Å². The molecule has 2 N–H and O–H groups in total. The predicted molar refractivity (Wildman–Crippen MR) is 33.0 cm³/mol. The summed E-state index contributed by atoms with van der Waals surface area (Å²) in [5, 5.41) is 0. The number of rotatable bonds is 2. The first kappa shape index (κ1) is 6.71. The maximum atomic E-state index is 10.5. The van der Waals surface area contributed by atoms with Crippen LogP contribution in [0.25, 0.3) is 0 Å². The lowest BCUT2D eigenvalue weighted by Gasteiger charge is -2.35. The van der Waals surface area contributed by atoms with Gasteiger partial charge >= 0.3 is 0 Å². The summed E-state index contributed by atoms with van der Waals surface area (Å²) in [6.45, 7) is 0.499. The molecule has 0 bridgehead atoms. The van der Waals surface area contributed by atoms with Crippen LogP contribution in [-0.2, 0) is 9.53 Å².